The number of carbonyl (C=O) groups is 1. The van der Waals surface area contributed by atoms with Gasteiger partial charge in [-0.05, 0) is 26.0 Å². The fraction of sp³-hybridized carbons (Fsp3) is 0.632. The van der Waals surface area contributed by atoms with E-state index in [0.717, 1.165) is 25.9 Å². The summed E-state index contributed by atoms with van der Waals surface area (Å²) in [6.45, 7) is 6.26. The van der Waals surface area contributed by atoms with E-state index in [1.165, 1.54) is 0 Å². The third-order valence-electron chi connectivity index (χ3n) is 5.47. The van der Waals surface area contributed by atoms with Gasteiger partial charge >= 0.3 is 6.09 Å². The molecule has 27 heavy (non-hydrogen) atoms. The standard InChI is InChI=1S/C19H28N2O5.ClH/c1-18(2)19(26-17(23)20-18)8-10-21(11-9-19)12-14(22)13-25-16-7-5-4-6-15(16)24-3;/h4-7,14,22H,8-13H2,1-3H3,(H,20,23);1H. The highest BCUT2D eigenvalue weighted by Crippen LogP contribution is 2.40. The van der Waals surface area contributed by atoms with Gasteiger partial charge in [-0.25, -0.2) is 4.79 Å². The highest BCUT2D eigenvalue weighted by molar-refractivity contribution is 5.85. The Morgan fingerprint density at radius 2 is 1.89 bits per heavy atom. The van der Waals surface area contributed by atoms with Crippen LogP contribution in [0, 0.1) is 0 Å². The number of hydrogen-bond acceptors (Lipinski definition) is 6. The first-order valence-electron chi connectivity index (χ1n) is 9.03. The minimum atomic E-state index is -0.605. The minimum absolute atomic E-state index is 0. The summed E-state index contributed by atoms with van der Waals surface area (Å²) < 4.78 is 16.5. The maximum Gasteiger partial charge on any atom is 0.408 e. The number of nitrogens with one attached hydrogen (secondary N) is 1. The maximum atomic E-state index is 11.6. The number of aliphatic hydroxyl groups is 1. The Morgan fingerprint density at radius 1 is 1.26 bits per heavy atom. The monoisotopic (exact) mass is 400 g/mol. The summed E-state index contributed by atoms with van der Waals surface area (Å²) >= 11 is 0. The number of benzene rings is 1. The van der Waals surface area contributed by atoms with Crippen LogP contribution in [0.4, 0.5) is 4.79 Å². The van der Waals surface area contributed by atoms with Crippen molar-refractivity contribution in [2.24, 2.45) is 0 Å². The molecule has 0 bridgehead atoms. The third kappa shape index (κ3) is 4.59. The number of hydrogen-bond donors (Lipinski definition) is 2. The fourth-order valence-electron chi connectivity index (χ4n) is 3.80. The lowest BCUT2D eigenvalue weighted by Crippen LogP contribution is -2.58. The Morgan fingerprint density at radius 3 is 2.44 bits per heavy atom. The first-order valence-corrected chi connectivity index (χ1v) is 9.03. The Bertz CT molecular complexity index is 647. The molecule has 2 saturated heterocycles. The number of β-amino-alcohol motifs (C(OH)–C–C–N with tert-alkyl or cyclic N) is 1. The van der Waals surface area contributed by atoms with Crippen LogP contribution in [0.5, 0.6) is 11.5 Å². The molecule has 3 rings (SSSR count). The van der Waals surface area contributed by atoms with Crippen LogP contribution in [0.25, 0.3) is 0 Å². The van der Waals surface area contributed by atoms with Crippen LogP contribution in [-0.4, -0.2) is 66.7 Å². The van der Waals surface area contributed by atoms with Gasteiger partial charge in [-0.15, -0.1) is 12.4 Å². The van der Waals surface area contributed by atoms with E-state index in [2.05, 4.69) is 10.2 Å². The summed E-state index contributed by atoms with van der Waals surface area (Å²) in [7, 11) is 1.59. The molecule has 2 fully saturated rings. The van der Waals surface area contributed by atoms with Crippen LogP contribution < -0.4 is 14.8 Å². The minimum Gasteiger partial charge on any atom is -0.493 e. The molecule has 1 aromatic rings. The molecule has 1 amide bonds. The van der Waals surface area contributed by atoms with E-state index < -0.39 is 11.7 Å². The van der Waals surface area contributed by atoms with E-state index in [1.807, 2.05) is 38.1 Å². The van der Waals surface area contributed by atoms with Crippen molar-refractivity contribution < 1.29 is 24.1 Å². The predicted molar refractivity (Wildman–Crippen MR) is 104 cm³/mol. The van der Waals surface area contributed by atoms with Crippen molar-refractivity contribution in [1.29, 1.82) is 0 Å². The zero-order chi connectivity index (χ0) is 18.8. The van der Waals surface area contributed by atoms with Crippen LogP contribution in [0.3, 0.4) is 0 Å². The summed E-state index contributed by atoms with van der Waals surface area (Å²) in [5.74, 6) is 1.27. The molecule has 8 heteroatoms. The second kappa shape index (κ2) is 8.54. The second-order valence-corrected chi connectivity index (χ2v) is 7.55. The molecule has 2 heterocycles. The number of nitrogens with zero attached hydrogens (tertiary/aromatic N) is 1. The van der Waals surface area contributed by atoms with Crippen molar-refractivity contribution in [2.45, 2.75) is 43.9 Å². The van der Waals surface area contributed by atoms with E-state index >= 15 is 0 Å². The average molecular weight is 401 g/mol. The van der Waals surface area contributed by atoms with Gasteiger partial charge in [-0.1, -0.05) is 12.1 Å². The van der Waals surface area contributed by atoms with Gasteiger partial charge in [-0.3, -0.25) is 0 Å². The first kappa shape index (κ1) is 21.6. The fourth-order valence-corrected chi connectivity index (χ4v) is 3.80. The summed E-state index contributed by atoms with van der Waals surface area (Å²) in [5, 5.41) is 13.2. The van der Waals surface area contributed by atoms with Gasteiger partial charge in [0.15, 0.2) is 11.5 Å². The third-order valence-corrected chi connectivity index (χ3v) is 5.47. The van der Waals surface area contributed by atoms with Crippen molar-refractivity contribution in [3.8, 4) is 11.5 Å². The molecule has 1 atom stereocenters. The Balaban J connectivity index is 0.00000261. The second-order valence-electron chi connectivity index (χ2n) is 7.55. The number of rotatable bonds is 6. The molecule has 0 radical (unpaired) electrons. The highest BCUT2D eigenvalue weighted by Gasteiger charge is 2.55. The van der Waals surface area contributed by atoms with Crippen LogP contribution in [-0.2, 0) is 4.74 Å². The molecular formula is C19H29ClN2O5. The first-order chi connectivity index (χ1) is 12.4. The largest absolute Gasteiger partial charge is 0.493 e. The number of methoxy groups -OCH3 is 1. The molecule has 1 spiro atoms. The number of para-hydroxylation sites is 2. The smallest absolute Gasteiger partial charge is 0.408 e. The van der Waals surface area contributed by atoms with Gasteiger partial charge in [0.25, 0.3) is 0 Å². The van der Waals surface area contributed by atoms with Crippen LogP contribution in [0.2, 0.25) is 0 Å². The average Bonchev–Trinajstić information content (AvgIpc) is 2.83. The molecule has 2 aliphatic rings. The van der Waals surface area contributed by atoms with E-state index in [-0.39, 0.29) is 30.6 Å². The van der Waals surface area contributed by atoms with E-state index in [4.69, 9.17) is 14.2 Å². The number of piperidine rings is 1. The van der Waals surface area contributed by atoms with Gasteiger partial charge in [0.1, 0.15) is 18.3 Å². The predicted octanol–water partition coefficient (Wildman–Crippen LogP) is 2.21. The molecule has 0 aromatic heterocycles. The molecule has 2 aliphatic heterocycles. The highest BCUT2D eigenvalue weighted by atomic mass is 35.5. The molecule has 152 valence electrons. The van der Waals surface area contributed by atoms with Crippen molar-refractivity contribution in [3.63, 3.8) is 0 Å². The zero-order valence-electron chi connectivity index (χ0n) is 16.1. The molecule has 0 saturated carbocycles. The lowest BCUT2D eigenvalue weighted by molar-refractivity contribution is -0.0489. The van der Waals surface area contributed by atoms with Gasteiger partial charge < -0.3 is 29.5 Å². The molecule has 1 aromatic carbocycles. The molecule has 7 nitrogen and oxygen atoms in total. The van der Waals surface area contributed by atoms with Crippen molar-refractivity contribution in [3.05, 3.63) is 24.3 Å². The molecule has 1 unspecified atom stereocenters. The number of likely N-dealkylation sites (tertiary alicyclic amines) is 1. The molecule has 2 N–H and O–H groups in total. The normalized spacial score (nSPS) is 21.7. The Hall–Kier alpha value is -1.70. The number of aliphatic hydroxyl groups excluding tert-OH is 1. The van der Waals surface area contributed by atoms with Crippen molar-refractivity contribution >= 4 is 18.5 Å². The topological polar surface area (TPSA) is 80.3 Å². The van der Waals surface area contributed by atoms with Crippen LogP contribution in [0.15, 0.2) is 24.3 Å². The van der Waals surface area contributed by atoms with E-state index in [0.29, 0.717) is 18.0 Å². The van der Waals surface area contributed by atoms with E-state index in [1.54, 1.807) is 7.11 Å². The number of halogens is 1. The van der Waals surface area contributed by atoms with Crippen LogP contribution in [0.1, 0.15) is 26.7 Å². The maximum absolute atomic E-state index is 11.6. The number of amides is 1. The summed E-state index contributed by atoms with van der Waals surface area (Å²) in [5.41, 5.74) is -0.832. The Kier molecular flexibility index (Phi) is 6.83. The lowest BCUT2D eigenvalue weighted by atomic mass is 9.76. The molecule has 0 aliphatic carbocycles. The number of alkyl carbamates (subject to hydrolysis) is 1. The summed E-state index contributed by atoms with van der Waals surface area (Å²) in [6.07, 6.45) is 0.553. The lowest BCUT2D eigenvalue weighted by Gasteiger charge is -2.44. The van der Waals surface area contributed by atoms with Gasteiger partial charge in [0, 0.05) is 32.5 Å². The van der Waals surface area contributed by atoms with Crippen molar-refractivity contribution in [2.75, 3.05) is 33.4 Å². The quantitative estimate of drug-likeness (QED) is 0.762. The SMILES string of the molecule is COc1ccccc1OCC(O)CN1CCC2(CC1)OC(=O)NC2(C)C.Cl. The zero-order valence-corrected chi connectivity index (χ0v) is 16.9. The summed E-state index contributed by atoms with van der Waals surface area (Å²) in [4.78, 5) is 13.8. The number of ether oxygens (including phenoxy) is 3. The van der Waals surface area contributed by atoms with Crippen molar-refractivity contribution in [1.82, 2.24) is 10.2 Å². The van der Waals surface area contributed by atoms with Gasteiger partial charge in [0.2, 0.25) is 0 Å². The van der Waals surface area contributed by atoms with Crippen LogP contribution >= 0.6 is 12.4 Å². The molecular weight excluding hydrogens is 372 g/mol. The Labute approximate surface area is 166 Å². The number of carbonyl (C=O) groups excluding carboxylic acids is 1. The van der Waals surface area contributed by atoms with Gasteiger partial charge in [-0.2, -0.15) is 0 Å². The summed E-state index contributed by atoms with van der Waals surface area (Å²) in [6, 6.07) is 7.38. The van der Waals surface area contributed by atoms with E-state index in [9.17, 15) is 9.90 Å². The van der Waals surface area contributed by atoms with Gasteiger partial charge in [0.05, 0.1) is 12.6 Å².